The summed E-state index contributed by atoms with van der Waals surface area (Å²) in [5, 5.41) is 0. The predicted molar refractivity (Wildman–Crippen MR) is 85.5 cm³/mol. The molecule has 0 unspecified atom stereocenters. The van der Waals surface area contributed by atoms with Crippen molar-refractivity contribution in [1.82, 2.24) is 9.88 Å². The zero-order chi connectivity index (χ0) is 15.4. The van der Waals surface area contributed by atoms with E-state index in [0.717, 1.165) is 11.4 Å². The number of anilines is 2. The van der Waals surface area contributed by atoms with Crippen LogP contribution < -0.4 is 4.90 Å². The number of carbonyl (C=O) groups excluding carboxylic acids is 1. The van der Waals surface area contributed by atoms with Crippen LogP contribution in [0.3, 0.4) is 0 Å². The number of nitrogens with zero attached hydrogens (tertiary/aromatic N) is 3. The Morgan fingerprint density at radius 2 is 1.86 bits per heavy atom. The molecule has 1 aliphatic rings. The SMILES string of the molecule is CN(c1ccccc1)c1ccnc(C(=O)N2CCOCC2)c1. The van der Waals surface area contributed by atoms with Crippen LogP contribution in [0.2, 0.25) is 0 Å². The Balaban J connectivity index is 1.81. The van der Waals surface area contributed by atoms with E-state index in [2.05, 4.69) is 4.98 Å². The van der Waals surface area contributed by atoms with Gasteiger partial charge in [-0.25, -0.2) is 0 Å². The molecule has 1 aliphatic heterocycles. The lowest BCUT2D eigenvalue weighted by atomic mass is 10.2. The van der Waals surface area contributed by atoms with E-state index in [1.54, 1.807) is 11.1 Å². The van der Waals surface area contributed by atoms with Gasteiger partial charge in [-0.1, -0.05) is 18.2 Å². The zero-order valence-electron chi connectivity index (χ0n) is 12.6. The summed E-state index contributed by atoms with van der Waals surface area (Å²) in [7, 11) is 1.98. The minimum absolute atomic E-state index is 0.0355. The number of aromatic nitrogens is 1. The minimum atomic E-state index is -0.0355. The average Bonchev–Trinajstić information content (AvgIpc) is 2.62. The first-order chi connectivity index (χ1) is 10.8. The van der Waals surface area contributed by atoms with Crippen molar-refractivity contribution in [2.45, 2.75) is 0 Å². The summed E-state index contributed by atoms with van der Waals surface area (Å²) < 4.78 is 5.28. The van der Waals surface area contributed by atoms with Crippen LogP contribution in [0.4, 0.5) is 11.4 Å². The van der Waals surface area contributed by atoms with Gasteiger partial charge in [0.05, 0.1) is 13.2 Å². The largest absolute Gasteiger partial charge is 0.378 e. The zero-order valence-corrected chi connectivity index (χ0v) is 12.6. The molecular formula is C17H19N3O2. The third-order valence-electron chi connectivity index (χ3n) is 3.79. The number of benzene rings is 1. The van der Waals surface area contributed by atoms with Gasteiger partial charge in [-0.05, 0) is 24.3 Å². The third-order valence-corrected chi connectivity index (χ3v) is 3.79. The summed E-state index contributed by atoms with van der Waals surface area (Å²) in [5.74, 6) is -0.0355. The number of para-hydroxylation sites is 1. The highest BCUT2D eigenvalue weighted by molar-refractivity contribution is 5.93. The lowest BCUT2D eigenvalue weighted by molar-refractivity contribution is 0.0299. The van der Waals surface area contributed by atoms with E-state index in [4.69, 9.17) is 4.74 Å². The molecule has 0 saturated carbocycles. The van der Waals surface area contributed by atoms with Crippen molar-refractivity contribution >= 4 is 17.3 Å². The fourth-order valence-corrected chi connectivity index (χ4v) is 2.47. The number of carbonyl (C=O) groups is 1. The number of pyridine rings is 1. The molecular weight excluding hydrogens is 278 g/mol. The molecule has 2 aromatic rings. The van der Waals surface area contributed by atoms with Crippen molar-refractivity contribution in [3.05, 3.63) is 54.4 Å². The standard InChI is InChI=1S/C17H19N3O2/c1-19(14-5-3-2-4-6-14)15-7-8-18-16(13-15)17(21)20-9-11-22-12-10-20/h2-8,13H,9-12H2,1H3. The molecule has 5 heteroatoms. The van der Waals surface area contributed by atoms with Gasteiger partial charge in [-0.15, -0.1) is 0 Å². The number of rotatable bonds is 3. The summed E-state index contributed by atoms with van der Waals surface area (Å²) >= 11 is 0. The first-order valence-corrected chi connectivity index (χ1v) is 7.37. The van der Waals surface area contributed by atoms with Crippen LogP contribution in [0.1, 0.15) is 10.5 Å². The molecule has 2 heterocycles. The maximum absolute atomic E-state index is 12.5. The molecule has 5 nitrogen and oxygen atoms in total. The van der Waals surface area contributed by atoms with Crippen molar-refractivity contribution in [1.29, 1.82) is 0 Å². The van der Waals surface area contributed by atoms with Crippen LogP contribution >= 0.6 is 0 Å². The molecule has 0 bridgehead atoms. The van der Waals surface area contributed by atoms with Gasteiger partial charge in [0.15, 0.2) is 0 Å². The Bertz CT molecular complexity index is 639. The van der Waals surface area contributed by atoms with E-state index in [1.165, 1.54) is 0 Å². The second-order valence-corrected chi connectivity index (χ2v) is 5.20. The Kier molecular flexibility index (Phi) is 4.34. The first kappa shape index (κ1) is 14.5. The van der Waals surface area contributed by atoms with Crippen molar-refractivity contribution < 1.29 is 9.53 Å². The van der Waals surface area contributed by atoms with Gasteiger partial charge < -0.3 is 14.5 Å². The van der Waals surface area contributed by atoms with Gasteiger partial charge in [0.2, 0.25) is 0 Å². The van der Waals surface area contributed by atoms with Crippen molar-refractivity contribution in [2.75, 3.05) is 38.3 Å². The Morgan fingerprint density at radius 1 is 1.14 bits per heavy atom. The number of morpholine rings is 1. The average molecular weight is 297 g/mol. The molecule has 22 heavy (non-hydrogen) atoms. The predicted octanol–water partition coefficient (Wildman–Crippen LogP) is 2.32. The summed E-state index contributed by atoms with van der Waals surface area (Å²) in [6, 6.07) is 13.8. The highest BCUT2D eigenvalue weighted by Crippen LogP contribution is 2.23. The van der Waals surface area contributed by atoms with Crippen LogP contribution in [0.5, 0.6) is 0 Å². The molecule has 114 valence electrons. The van der Waals surface area contributed by atoms with Crippen molar-refractivity contribution in [3.8, 4) is 0 Å². The van der Waals surface area contributed by atoms with Gasteiger partial charge in [-0.2, -0.15) is 0 Å². The van der Waals surface area contributed by atoms with Crippen LogP contribution in [0.25, 0.3) is 0 Å². The summed E-state index contributed by atoms with van der Waals surface area (Å²) in [6.07, 6.45) is 1.68. The number of amides is 1. The molecule has 0 radical (unpaired) electrons. The topological polar surface area (TPSA) is 45.7 Å². The fraction of sp³-hybridized carbons (Fsp3) is 0.294. The number of hydrogen-bond donors (Lipinski definition) is 0. The normalized spacial score (nSPS) is 14.7. The molecule has 1 fully saturated rings. The molecule has 3 rings (SSSR count). The lowest BCUT2D eigenvalue weighted by Gasteiger charge is -2.27. The lowest BCUT2D eigenvalue weighted by Crippen LogP contribution is -2.41. The molecule has 0 N–H and O–H groups in total. The highest BCUT2D eigenvalue weighted by Gasteiger charge is 2.20. The molecule has 1 aromatic carbocycles. The highest BCUT2D eigenvalue weighted by atomic mass is 16.5. The quantitative estimate of drug-likeness (QED) is 0.872. The fourth-order valence-electron chi connectivity index (χ4n) is 2.47. The monoisotopic (exact) mass is 297 g/mol. The van der Waals surface area contributed by atoms with Crippen LogP contribution in [0, 0.1) is 0 Å². The minimum Gasteiger partial charge on any atom is -0.378 e. The molecule has 1 saturated heterocycles. The molecule has 0 atom stereocenters. The molecule has 0 spiro atoms. The Hall–Kier alpha value is -2.40. The van der Waals surface area contributed by atoms with Crippen LogP contribution in [-0.4, -0.2) is 49.1 Å². The van der Waals surface area contributed by atoms with Gasteiger partial charge in [0.25, 0.3) is 5.91 Å². The first-order valence-electron chi connectivity index (χ1n) is 7.37. The van der Waals surface area contributed by atoms with E-state index in [0.29, 0.717) is 32.0 Å². The van der Waals surface area contributed by atoms with Gasteiger partial charge in [0, 0.05) is 37.7 Å². The van der Waals surface area contributed by atoms with Crippen LogP contribution in [0.15, 0.2) is 48.7 Å². The summed E-state index contributed by atoms with van der Waals surface area (Å²) in [5.41, 5.74) is 2.48. The van der Waals surface area contributed by atoms with Gasteiger partial charge >= 0.3 is 0 Å². The Morgan fingerprint density at radius 3 is 2.59 bits per heavy atom. The van der Waals surface area contributed by atoms with Gasteiger partial charge in [0.1, 0.15) is 5.69 Å². The van der Waals surface area contributed by atoms with Crippen LogP contribution in [-0.2, 0) is 4.74 Å². The maximum Gasteiger partial charge on any atom is 0.272 e. The molecule has 0 aliphatic carbocycles. The van der Waals surface area contributed by atoms with E-state index in [-0.39, 0.29) is 5.91 Å². The van der Waals surface area contributed by atoms with E-state index in [1.807, 2.05) is 54.4 Å². The molecule has 1 amide bonds. The Labute approximate surface area is 130 Å². The number of ether oxygens (including phenoxy) is 1. The summed E-state index contributed by atoms with van der Waals surface area (Å²) in [4.78, 5) is 20.6. The molecule has 1 aromatic heterocycles. The van der Waals surface area contributed by atoms with Gasteiger partial charge in [-0.3, -0.25) is 9.78 Å². The third kappa shape index (κ3) is 3.09. The van der Waals surface area contributed by atoms with E-state index >= 15 is 0 Å². The van der Waals surface area contributed by atoms with Crippen molar-refractivity contribution in [3.63, 3.8) is 0 Å². The van der Waals surface area contributed by atoms with Crippen molar-refractivity contribution in [2.24, 2.45) is 0 Å². The maximum atomic E-state index is 12.5. The smallest absolute Gasteiger partial charge is 0.272 e. The number of hydrogen-bond acceptors (Lipinski definition) is 4. The van der Waals surface area contributed by atoms with E-state index in [9.17, 15) is 4.79 Å². The second-order valence-electron chi connectivity index (χ2n) is 5.20. The second kappa shape index (κ2) is 6.58. The van der Waals surface area contributed by atoms with E-state index < -0.39 is 0 Å². The summed E-state index contributed by atoms with van der Waals surface area (Å²) in [6.45, 7) is 2.43.